The molecule has 2 amide bonds. The number of carboxylic acids is 1. The fourth-order valence-corrected chi connectivity index (χ4v) is 3.24. The van der Waals surface area contributed by atoms with E-state index in [1.54, 1.807) is 40.6 Å². The molecule has 1 saturated heterocycles. The number of carboxylic acid groups (broad SMARTS) is 1. The molecule has 1 aromatic heterocycles. The maximum Gasteiger partial charge on any atom is 0.320 e. The summed E-state index contributed by atoms with van der Waals surface area (Å²) in [5.41, 5.74) is 2.03. The first kappa shape index (κ1) is 15.8. The van der Waals surface area contributed by atoms with Crippen LogP contribution in [0.1, 0.15) is 30.3 Å². The number of hydrogen-bond donors (Lipinski definition) is 1. The zero-order valence-electron chi connectivity index (χ0n) is 12.6. The number of aromatic nitrogens is 1. The van der Waals surface area contributed by atoms with Gasteiger partial charge in [0.05, 0.1) is 23.2 Å². The fourth-order valence-electron chi connectivity index (χ4n) is 2.41. The van der Waals surface area contributed by atoms with Gasteiger partial charge < -0.3 is 14.9 Å². The minimum Gasteiger partial charge on any atom is -0.481 e. The van der Waals surface area contributed by atoms with Crippen molar-refractivity contribution in [2.45, 2.75) is 33.2 Å². The predicted molar refractivity (Wildman–Crippen MR) is 80.3 cm³/mol. The van der Waals surface area contributed by atoms with Crippen LogP contribution in [-0.2, 0) is 11.3 Å². The summed E-state index contributed by atoms with van der Waals surface area (Å²) in [6.07, 6.45) is 1.00. The molecule has 116 valence electrons. The standard InChI is InChI=1S/C14H21N3O3S/c1-10-11(21-9-15-10)8-16(3)13(20)17-6-4-14(2,5-7-17)12(18)19/h9H,4-8H2,1-3H3,(H,18,19). The van der Waals surface area contributed by atoms with Crippen LogP contribution in [0.25, 0.3) is 0 Å². The highest BCUT2D eigenvalue weighted by atomic mass is 32.1. The predicted octanol–water partition coefficient (Wildman–Crippen LogP) is 2.19. The molecule has 0 radical (unpaired) electrons. The molecule has 0 aliphatic carbocycles. The Morgan fingerprint density at radius 2 is 2.10 bits per heavy atom. The highest BCUT2D eigenvalue weighted by molar-refractivity contribution is 7.09. The maximum atomic E-state index is 12.4. The Morgan fingerprint density at radius 3 is 2.57 bits per heavy atom. The topological polar surface area (TPSA) is 73.7 Å². The second-order valence-electron chi connectivity index (χ2n) is 5.85. The summed E-state index contributed by atoms with van der Waals surface area (Å²) in [5, 5.41) is 9.21. The number of aryl methyl sites for hydroxylation is 1. The summed E-state index contributed by atoms with van der Waals surface area (Å²) in [6.45, 7) is 5.22. The minimum absolute atomic E-state index is 0.0461. The third kappa shape index (κ3) is 3.34. The molecule has 1 aliphatic rings. The summed E-state index contributed by atoms with van der Waals surface area (Å²) in [5.74, 6) is -0.775. The zero-order valence-corrected chi connectivity index (χ0v) is 13.4. The fraction of sp³-hybridized carbons (Fsp3) is 0.643. The molecule has 0 spiro atoms. The molecule has 2 rings (SSSR count). The van der Waals surface area contributed by atoms with Gasteiger partial charge >= 0.3 is 12.0 Å². The minimum atomic E-state index is -0.775. The van der Waals surface area contributed by atoms with Crippen LogP contribution in [0.4, 0.5) is 4.79 Å². The summed E-state index contributed by atoms with van der Waals surface area (Å²) in [7, 11) is 1.77. The molecule has 1 aromatic rings. The smallest absolute Gasteiger partial charge is 0.320 e. The van der Waals surface area contributed by atoms with Gasteiger partial charge in [-0.2, -0.15) is 0 Å². The average molecular weight is 311 g/mol. The molecule has 2 heterocycles. The third-order valence-corrected chi connectivity index (χ3v) is 5.13. The highest BCUT2D eigenvalue weighted by Crippen LogP contribution is 2.31. The lowest BCUT2D eigenvalue weighted by Crippen LogP contribution is -2.48. The van der Waals surface area contributed by atoms with Gasteiger partial charge in [0.25, 0.3) is 0 Å². The number of hydrogen-bond acceptors (Lipinski definition) is 4. The number of carbonyl (C=O) groups excluding carboxylic acids is 1. The van der Waals surface area contributed by atoms with E-state index in [-0.39, 0.29) is 6.03 Å². The van der Waals surface area contributed by atoms with E-state index in [2.05, 4.69) is 4.98 Å². The number of carbonyl (C=O) groups is 2. The molecule has 7 heteroatoms. The van der Waals surface area contributed by atoms with Crippen molar-refractivity contribution in [2.24, 2.45) is 5.41 Å². The Kier molecular flexibility index (Phi) is 4.51. The van der Waals surface area contributed by atoms with Crippen LogP contribution in [0.5, 0.6) is 0 Å². The molecule has 0 aromatic carbocycles. The van der Waals surface area contributed by atoms with Crippen LogP contribution >= 0.6 is 11.3 Å². The summed E-state index contributed by atoms with van der Waals surface area (Å²) < 4.78 is 0. The zero-order chi connectivity index (χ0) is 15.6. The Bertz CT molecular complexity index is 535. The van der Waals surface area contributed by atoms with Crippen LogP contribution < -0.4 is 0 Å². The molecule has 1 fully saturated rings. The number of urea groups is 1. The lowest BCUT2D eigenvalue weighted by molar-refractivity contribution is -0.150. The van der Waals surface area contributed by atoms with E-state index >= 15 is 0 Å². The molecular formula is C14H21N3O3S. The molecule has 21 heavy (non-hydrogen) atoms. The highest BCUT2D eigenvalue weighted by Gasteiger charge is 2.38. The molecule has 1 N–H and O–H groups in total. The first-order valence-electron chi connectivity index (χ1n) is 6.96. The van der Waals surface area contributed by atoms with E-state index in [1.165, 1.54) is 0 Å². The number of piperidine rings is 1. The van der Waals surface area contributed by atoms with Crippen LogP contribution in [-0.4, -0.2) is 52.0 Å². The van der Waals surface area contributed by atoms with Crippen molar-refractivity contribution in [1.29, 1.82) is 0 Å². The number of thiazole rings is 1. The van der Waals surface area contributed by atoms with Gasteiger partial charge in [0.1, 0.15) is 0 Å². The Hall–Kier alpha value is -1.63. The molecule has 0 bridgehead atoms. The maximum absolute atomic E-state index is 12.4. The van der Waals surface area contributed by atoms with Gasteiger partial charge in [-0.3, -0.25) is 4.79 Å². The third-order valence-electron chi connectivity index (χ3n) is 4.21. The van der Waals surface area contributed by atoms with Gasteiger partial charge in [0.2, 0.25) is 0 Å². The summed E-state index contributed by atoms with van der Waals surface area (Å²) in [4.78, 5) is 32.3. The number of amides is 2. The van der Waals surface area contributed by atoms with Gasteiger partial charge in [-0.15, -0.1) is 11.3 Å². The number of rotatable bonds is 3. The van der Waals surface area contributed by atoms with E-state index in [9.17, 15) is 14.7 Å². The number of likely N-dealkylation sites (tertiary alicyclic amines) is 1. The van der Waals surface area contributed by atoms with Gasteiger partial charge in [-0.25, -0.2) is 9.78 Å². The van der Waals surface area contributed by atoms with Crippen LogP contribution in [0.15, 0.2) is 5.51 Å². The number of nitrogens with zero attached hydrogens (tertiary/aromatic N) is 3. The van der Waals surface area contributed by atoms with Crippen molar-refractivity contribution >= 4 is 23.3 Å². The van der Waals surface area contributed by atoms with E-state index < -0.39 is 11.4 Å². The van der Waals surface area contributed by atoms with Crippen molar-refractivity contribution < 1.29 is 14.7 Å². The molecule has 0 unspecified atom stereocenters. The Labute approximate surface area is 128 Å². The summed E-state index contributed by atoms with van der Waals surface area (Å²) in [6, 6.07) is -0.0461. The summed E-state index contributed by atoms with van der Waals surface area (Å²) >= 11 is 1.54. The van der Waals surface area contributed by atoms with E-state index in [0.717, 1.165) is 10.6 Å². The molecule has 1 aliphatic heterocycles. The van der Waals surface area contributed by atoms with E-state index in [1.807, 2.05) is 6.92 Å². The molecule has 6 nitrogen and oxygen atoms in total. The van der Waals surface area contributed by atoms with Crippen LogP contribution in [0.2, 0.25) is 0 Å². The van der Waals surface area contributed by atoms with Gasteiger partial charge in [-0.05, 0) is 26.7 Å². The number of aliphatic carboxylic acids is 1. The molecular weight excluding hydrogens is 290 g/mol. The Morgan fingerprint density at radius 1 is 1.48 bits per heavy atom. The lowest BCUT2D eigenvalue weighted by Gasteiger charge is -2.38. The first-order chi connectivity index (χ1) is 9.83. The second-order valence-corrected chi connectivity index (χ2v) is 6.79. The van der Waals surface area contributed by atoms with E-state index in [4.69, 9.17) is 0 Å². The quantitative estimate of drug-likeness (QED) is 0.928. The molecule has 0 atom stereocenters. The lowest BCUT2D eigenvalue weighted by atomic mass is 9.80. The van der Waals surface area contributed by atoms with Gasteiger partial charge in [0.15, 0.2) is 0 Å². The second kappa shape index (κ2) is 6.01. The first-order valence-corrected chi connectivity index (χ1v) is 7.84. The van der Waals surface area contributed by atoms with Crippen molar-refractivity contribution in [3.05, 3.63) is 16.1 Å². The van der Waals surface area contributed by atoms with Crippen molar-refractivity contribution in [2.75, 3.05) is 20.1 Å². The normalized spacial score (nSPS) is 17.6. The Balaban J connectivity index is 1.93. The van der Waals surface area contributed by atoms with Crippen LogP contribution in [0.3, 0.4) is 0 Å². The van der Waals surface area contributed by atoms with Crippen LogP contribution in [0, 0.1) is 12.3 Å². The largest absolute Gasteiger partial charge is 0.481 e. The van der Waals surface area contributed by atoms with Gasteiger partial charge in [0, 0.05) is 25.0 Å². The monoisotopic (exact) mass is 311 g/mol. The van der Waals surface area contributed by atoms with Crippen molar-refractivity contribution in [3.8, 4) is 0 Å². The van der Waals surface area contributed by atoms with Gasteiger partial charge in [-0.1, -0.05) is 0 Å². The molecule has 0 saturated carbocycles. The van der Waals surface area contributed by atoms with Crippen molar-refractivity contribution in [3.63, 3.8) is 0 Å². The van der Waals surface area contributed by atoms with Crippen molar-refractivity contribution in [1.82, 2.24) is 14.8 Å². The average Bonchev–Trinajstić information content (AvgIpc) is 2.84. The SMILES string of the molecule is Cc1ncsc1CN(C)C(=O)N1CCC(C)(C(=O)O)CC1. The van der Waals surface area contributed by atoms with E-state index in [0.29, 0.717) is 32.5 Å².